The number of aryl methyl sites for hydroxylation is 1. The van der Waals surface area contributed by atoms with Crippen LogP contribution in [0.15, 0.2) is 72.1 Å². The molecule has 2 heterocycles. The maximum Gasteiger partial charge on any atom is 0.244 e. The van der Waals surface area contributed by atoms with Crippen LogP contribution in [-0.4, -0.2) is 10.2 Å². The van der Waals surface area contributed by atoms with Crippen LogP contribution in [-0.2, 0) is 6.42 Å². The summed E-state index contributed by atoms with van der Waals surface area (Å²) in [5.74, 6) is 0.445. The van der Waals surface area contributed by atoms with E-state index < -0.39 is 0 Å². The summed E-state index contributed by atoms with van der Waals surface area (Å²) in [5, 5.41) is 17.0. The number of H-pyrrole nitrogens is 1. The van der Waals surface area contributed by atoms with Crippen LogP contribution in [0.3, 0.4) is 0 Å². The van der Waals surface area contributed by atoms with Crippen LogP contribution in [0.25, 0.3) is 11.3 Å². The summed E-state index contributed by atoms with van der Waals surface area (Å²) in [6, 6.07) is 22.4. The molecule has 0 bridgehead atoms. The van der Waals surface area contributed by atoms with Crippen LogP contribution in [0.5, 0.6) is 5.88 Å². The zero-order valence-corrected chi connectivity index (χ0v) is 14.1. The largest absolute Gasteiger partial charge is 0.420 e. The Balaban J connectivity index is 1.74. The highest BCUT2D eigenvalue weighted by Gasteiger charge is 2.34. The van der Waals surface area contributed by atoms with Crippen molar-refractivity contribution in [2.75, 3.05) is 0 Å². The van der Waals surface area contributed by atoms with Crippen molar-refractivity contribution in [2.24, 2.45) is 5.73 Å². The van der Waals surface area contributed by atoms with Crippen molar-refractivity contribution < 1.29 is 4.74 Å². The van der Waals surface area contributed by atoms with Crippen LogP contribution in [0.2, 0.25) is 0 Å². The van der Waals surface area contributed by atoms with Gasteiger partial charge in [0.25, 0.3) is 0 Å². The fraction of sp³-hybridized carbons (Fsp3) is 0.143. The second-order valence-electron chi connectivity index (χ2n) is 6.25. The number of rotatable bonds is 4. The molecule has 2 aromatic carbocycles. The topological polar surface area (TPSA) is 87.7 Å². The number of fused-ring (bicyclic) bond motifs is 1. The predicted molar refractivity (Wildman–Crippen MR) is 99.0 cm³/mol. The molecule has 5 nitrogen and oxygen atoms in total. The van der Waals surface area contributed by atoms with E-state index in [1.54, 1.807) is 0 Å². The molecule has 0 amide bonds. The molecule has 0 fully saturated rings. The third-order valence-corrected chi connectivity index (χ3v) is 4.69. The second kappa shape index (κ2) is 6.77. The van der Waals surface area contributed by atoms with E-state index in [-0.39, 0.29) is 11.8 Å². The number of nitrogens with one attached hydrogen (secondary N) is 1. The molecule has 1 atom stereocenters. The molecule has 0 aliphatic carbocycles. The summed E-state index contributed by atoms with van der Waals surface area (Å²) >= 11 is 0. The number of nitrogens with two attached hydrogens (primary N) is 1. The Kier molecular flexibility index (Phi) is 4.16. The van der Waals surface area contributed by atoms with E-state index in [0.29, 0.717) is 11.5 Å². The van der Waals surface area contributed by atoms with E-state index >= 15 is 0 Å². The van der Waals surface area contributed by atoms with E-state index in [0.717, 1.165) is 29.7 Å². The van der Waals surface area contributed by atoms with Gasteiger partial charge in [-0.15, -0.1) is 5.10 Å². The number of nitrogens with zero attached hydrogens (tertiary/aromatic N) is 2. The molecule has 26 heavy (non-hydrogen) atoms. The van der Waals surface area contributed by atoms with E-state index in [1.807, 2.05) is 48.5 Å². The Labute approximate surface area is 151 Å². The van der Waals surface area contributed by atoms with Gasteiger partial charge in [0.1, 0.15) is 6.07 Å². The smallest absolute Gasteiger partial charge is 0.244 e. The van der Waals surface area contributed by atoms with Crippen molar-refractivity contribution in [1.82, 2.24) is 10.2 Å². The van der Waals surface area contributed by atoms with Crippen molar-refractivity contribution in [3.8, 4) is 23.2 Å². The number of allylic oxidation sites excluding steroid dienone is 1. The fourth-order valence-electron chi connectivity index (χ4n) is 3.41. The minimum absolute atomic E-state index is 0.143. The van der Waals surface area contributed by atoms with Crippen LogP contribution < -0.4 is 10.5 Å². The average molecular weight is 342 g/mol. The number of hydrogen-bond donors (Lipinski definition) is 2. The Morgan fingerprint density at radius 3 is 2.46 bits per heavy atom. The van der Waals surface area contributed by atoms with Crippen LogP contribution in [0.1, 0.15) is 23.5 Å². The Hall–Kier alpha value is -3.52. The molecular weight excluding hydrogens is 324 g/mol. The SMILES string of the molecule is N#CC1=C(N)Oc2n[nH]c(-c3ccccc3)c2[C@H]1CCc1ccccc1. The minimum atomic E-state index is -0.155. The number of hydrogen-bond acceptors (Lipinski definition) is 4. The van der Waals surface area contributed by atoms with Crippen molar-refractivity contribution in [3.63, 3.8) is 0 Å². The van der Waals surface area contributed by atoms with Gasteiger partial charge in [-0.05, 0) is 24.0 Å². The van der Waals surface area contributed by atoms with Crippen LogP contribution >= 0.6 is 0 Å². The normalized spacial score (nSPS) is 15.9. The second-order valence-corrected chi connectivity index (χ2v) is 6.25. The molecule has 3 N–H and O–H groups in total. The van der Waals surface area contributed by atoms with Gasteiger partial charge >= 0.3 is 0 Å². The third-order valence-electron chi connectivity index (χ3n) is 4.69. The number of aromatic amines is 1. The summed E-state index contributed by atoms with van der Waals surface area (Å²) in [7, 11) is 0. The number of ether oxygens (including phenoxy) is 1. The molecule has 1 aromatic heterocycles. The quantitative estimate of drug-likeness (QED) is 0.753. The monoisotopic (exact) mass is 342 g/mol. The number of nitriles is 1. The summed E-state index contributed by atoms with van der Waals surface area (Å²) in [4.78, 5) is 0. The molecular formula is C21H18N4O. The predicted octanol–water partition coefficient (Wildman–Crippen LogP) is 3.88. The lowest BCUT2D eigenvalue weighted by molar-refractivity contribution is 0.371. The first kappa shape index (κ1) is 16.0. The lowest BCUT2D eigenvalue weighted by atomic mass is 9.84. The third kappa shape index (κ3) is 2.82. The first-order chi connectivity index (χ1) is 12.8. The Bertz CT molecular complexity index is 984. The molecule has 1 aliphatic rings. The van der Waals surface area contributed by atoms with Crippen molar-refractivity contribution in [3.05, 3.63) is 83.2 Å². The van der Waals surface area contributed by atoms with Gasteiger partial charge in [-0.2, -0.15) is 5.26 Å². The summed E-state index contributed by atoms with van der Waals surface area (Å²) in [6.07, 6.45) is 1.59. The lowest BCUT2D eigenvalue weighted by Gasteiger charge is -2.23. The highest BCUT2D eigenvalue weighted by atomic mass is 16.5. The number of benzene rings is 2. The summed E-state index contributed by atoms with van der Waals surface area (Å²) < 4.78 is 5.61. The molecule has 0 spiro atoms. The standard InChI is InChI=1S/C21H18N4O/c22-13-17-16(12-11-14-7-3-1-4-8-14)18-19(15-9-5-2-6-10-15)24-25-21(18)26-20(17)23/h1-10,16H,11-12,23H2,(H,24,25)/t16-/m0/s1. The molecule has 5 heteroatoms. The van der Waals surface area contributed by atoms with E-state index in [1.165, 1.54) is 5.56 Å². The van der Waals surface area contributed by atoms with Gasteiger partial charge in [0.15, 0.2) is 0 Å². The van der Waals surface area contributed by atoms with E-state index in [9.17, 15) is 5.26 Å². The van der Waals surface area contributed by atoms with Gasteiger partial charge in [0, 0.05) is 5.92 Å². The molecule has 128 valence electrons. The zero-order valence-electron chi connectivity index (χ0n) is 14.1. The summed E-state index contributed by atoms with van der Waals surface area (Å²) in [6.45, 7) is 0. The summed E-state index contributed by atoms with van der Waals surface area (Å²) in [5.41, 5.74) is 10.5. The number of aromatic nitrogens is 2. The highest BCUT2D eigenvalue weighted by Crippen LogP contribution is 2.44. The van der Waals surface area contributed by atoms with Gasteiger partial charge in [-0.25, -0.2) is 0 Å². The van der Waals surface area contributed by atoms with E-state index in [2.05, 4.69) is 28.4 Å². The zero-order chi connectivity index (χ0) is 17.9. The Morgan fingerprint density at radius 1 is 1.08 bits per heavy atom. The van der Waals surface area contributed by atoms with Crippen molar-refractivity contribution in [1.29, 1.82) is 5.26 Å². The van der Waals surface area contributed by atoms with Gasteiger partial charge in [0.05, 0.1) is 16.8 Å². The molecule has 0 unspecified atom stereocenters. The molecule has 3 aromatic rings. The Morgan fingerprint density at radius 2 is 1.77 bits per heavy atom. The molecule has 1 aliphatic heterocycles. The molecule has 0 saturated heterocycles. The first-order valence-corrected chi connectivity index (χ1v) is 8.53. The minimum Gasteiger partial charge on any atom is -0.420 e. The van der Waals surface area contributed by atoms with E-state index in [4.69, 9.17) is 10.5 Å². The highest BCUT2D eigenvalue weighted by molar-refractivity contribution is 5.68. The van der Waals surface area contributed by atoms with Crippen molar-refractivity contribution >= 4 is 0 Å². The van der Waals surface area contributed by atoms with Gasteiger partial charge in [-0.3, -0.25) is 5.10 Å². The van der Waals surface area contributed by atoms with Gasteiger partial charge < -0.3 is 10.5 Å². The fourth-order valence-corrected chi connectivity index (χ4v) is 3.41. The maximum atomic E-state index is 9.66. The molecule has 0 saturated carbocycles. The van der Waals surface area contributed by atoms with Crippen molar-refractivity contribution in [2.45, 2.75) is 18.8 Å². The molecule has 0 radical (unpaired) electrons. The van der Waals surface area contributed by atoms with Crippen LogP contribution in [0.4, 0.5) is 0 Å². The maximum absolute atomic E-state index is 9.66. The molecule has 4 rings (SSSR count). The lowest BCUT2D eigenvalue weighted by Crippen LogP contribution is -2.20. The average Bonchev–Trinajstić information content (AvgIpc) is 3.10. The first-order valence-electron chi connectivity index (χ1n) is 8.53. The van der Waals surface area contributed by atoms with Gasteiger partial charge in [-0.1, -0.05) is 60.7 Å². The van der Waals surface area contributed by atoms with Crippen LogP contribution in [0, 0.1) is 11.3 Å². The van der Waals surface area contributed by atoms with Gasteiger partial charge in [0.2, 0.25) is 11.8 Å².